The van der Waals surface area contributed by atoms with E-state index in [1.54, 1.807) is 0 Å². The van der Waals surface area contributed by atoms with Crippen molar-refractivity contribution >= 4 is 23.5 Å². The van der Waals surface area contributed by atoms with Crippen LogP contribution < -0.4 is 0 Å². The first-order valence-electron chi connectivity index (χ1n) is 11.5. The maximum atomic E-state index is 13.5. The molecule has 3 heteroatoms. The molecule has 0 aliphatic heterocycles. The molecule has 0 aromatic heterocycles. The molecule has 0 spiro atoms. The Morgan fingerprint density at radius 1 is 1.07 bits per heavy atom. The lowest BCUT2D eigenvalue weighted by Crippen LogP contribution is -2.54. The first-order valence-corrected chi connectivity index (χ1v) is 11.9. The predicted octanol–water partition coefficient (Wildman–Crippen LogP) is 6.31. The van der Waals surface area contributed by atoms with Gasteiger partial charge in [-0.05, 0) is 104 Å². The van der Waals surface area contributed by atoms with E-state index in [1.165, 1.54) is 19.3 Å². The number of hydrogen-bond acceptors (Lipinski definition) is 2. The van der Waals surface area contributed by atoms with Gasteiger partial charge in [0.05, 0.1) is 6.10 Å². The van der Waals surface area contributed by atoms with Crippen molar-refractivity contribution in [2.24, 2.45) is 34.5 Å². The minimum absolute atomic E-state index is 0.100. The maximum absolute atomic E-state index is 13.5. The average molecular weight is 413 g/mol. The van der Waals surface area contributed by atoms with E-state index in [0.717, 1.165) is 48.3 Å². The number of aliphatic hydroxyl groups excluding tert-OH is 1. The standard InChI is InChI=1S/C26H33ClO2/c1-25-11-9-19(28)15-18(25)7-8-20-21(25)10-12-26(2)22(20)14-17(24(26)29)13-16-5-3-4-6-23(16)27/h3-6,13,18-22,28H,7-12,14-15H2,1-2H3. The topological polar surface area (TPSA) is 37.3 Å². The van der Waals surface area contributed by atoms with E-state index in [2.05, 4.69) is 19.9 Å². The van der Waals surface area contributed by atoms with Crippen molar-refractivity contribution in [3.8, 4) is 0 Å². The van der Waals surface area contributed by atoms with Gasteiger partial charge in [0, 0.05) is 10.4 Å². The molecule has 5 rings (SSSR count). The second-order valence-corrected chi connectivity index (χ2v) is 11.2. The summed E-state index contributed by atoms with van der Waals surface area (Å²) < 4.78 is 0. The molecule has 1 aromatic carbocycles. The third-order valence-electron chi connectivity index (χ3n) is 9.51. The van der Waals surface area contributed by atoms with E-state index in [9.17, 15) is 9.90 Å². The molecule has 0 amide bonds. The van der Waals surface area contributed by atoms with E-state index in [0.29, 0.717) is 34.9 Å². The highest BCUT2D eigenvalue weighted by atomic mass is 35.5. The zero-order chi connectivity index (χ0) is 20.4. The second-order valence-electron chi connectivity index (χ2n) is 10.8. The molecular formula is C26H33ClO2. The fourth-order valence-corrected chi connectivity index (χ4v) is 8.01. The van der Waals surface area contributed by atoms with Crippen LogP contribution in [0.5, 0.6) is 0 Å². The fraction of sp³-hybridized carbons (Fsp3) is 0.654. The molecule has 0 bridgehead atoms. The van der Waals surface area contributed by atoms with Gasteiger partial charge < -0.3 is 5.11 Å². The number of carbonyl (C=O) groups excluding carboxylic acids is 1. The summed E-state index contributed by atoms with van der Waals surface area (Å²) in [5, 5.41) is 10.9. The van der Waals surface area contributed by atoms with Crippen molar-refractivity contribution in [2.45, 2.75) is 71.3 Å². The maximum Gasteiger partial charge on any atom is 0.165 e. The smallest absolute Gasteiger partial charge is 0.165 e. The summed E-state index contributed by atoms with van der Waals surface area (Å²) in [5.74, 6) is 2.84. The molecule has 29 heavy (non-hydrogen) atoms. The van der Waals surface area contributed by atoms with Crippen molar-refractivity contribution < 1.29 is 9.90 Å². The van der Waals surface area contributed by atoms with Crippen molar-refractivity contribution in [3.63, 3.8) is 0 Å². The highest BCUT2D eigenvalue weighted by Crippen LogP contribution is 2.66. The Morgan fingerprint density at radius 3 is 2.66 bits per heavy atom. The average Bonchev–Trinajstić information content (AvgIpc) is 2.95. The van der Waals surface area contributed by atoms with Gasteiger partial charge in [0.15, 0.2) is 5.78 Å². The fourth-order valence-electron chi connectivity index (χ4n) is 7.81. The van der Waals surface area contributed by atoms with Gasteiger partial charge in [0.1, 0.15) is 0 Å². The zero-order valence-corrected chi connectivity index (χ0v) is 18.4. The van der Waals surface area contributed by atoms with Crippen LogP contribution in [0.15, 0.2) is 29.8 Å². The minimum Gasteiger partial charge on any atom is -0.393 e. The van der Waals surface area contributed by atoms with E-state index >= 15 is 0 Å². The summed E-state index contributed by atoms with van der Waals surface area (Å²) in [6.07, 6.45) is 10.6. The van der Waals surface area contributed by atoms with Gasteiger partial charge in [0.25, 0.3) is 0 Å². The number of hydrogen-bond donors (Lipinski definition) is 1. The van der Waals surface area contributed by atoms with Gasteiger partial charge in [-0.15, -0.1) is 0 Å². The van der Waals surface area contributed by atoms with Gasteiger partial charge in [-0.25, -0.2) is 0 Å². The number of benzene rings is 1. The molecule has 4 saturated carbocycles. The zero-order valence-electron chi connectivity index (χ0n) is 17.7. The number of halogens is 1. The Kier molecular flexibility index (Phi) is 4.75. The van der Waals surface area contributed by atoms with Crippen LogP contribution in [0.1, 0.15) is 70.8 Å². The Bertz CT molecular complexity index is 860. The molecule has 7 atom stereocenters. The minimum atomic E-state index is -0.203. The molecule has 0 saturated heterocycles. The normalized spacial score (nSPS) is 45.6. The largest absolute Gasteiger partial charge is 0.393 e. The third-order valence-corrected chi connectivity index (χ3v) is 9.86. The summed E-state index contributed by atoms with van der Waals surface area (Å²) in [6.45, 7) is 4.74. The van der Waals surface area contributed by atoms with Crippen LogP contribution in [0.25, 0.3) is 6.08 Å². The Labute approximate surface area is 179 Å². The van der Waals surface area contributed by atoms with Crippen LogP contribution in [0, 0.1) is 34.5 Å². The van der Waals surface area contributed by atoms with Gasteiger partial charge in [-0.2, -0.15) is 0 Å². The van der Waals surface area contributed by atoms with E-state index in [-0.39, 0.29) is 11.5 Å². The van der Waals surface area contributed by atoms with Crippen LogP contribution in [0.3, 0.4) is 0 Å². The van der Waals surface area contributed by atoms with Crippen molar-refractivity contribution in [3.05, 3.63) is 40.4 Å². The van der Waals surface area contributed by atoms with Crippen LogP contribution in [-0.4, -0.2) is 17.0 Å². The molecule has 4 aliphatic carbocycles. The Morgan fingerprint density at radius 2 is 1.86 bits per heavy atom. The van der Waals surface area contributed by atoms with Crippen LogP contribution in [0.4, 0.5) is 0 Å². The lowest BCUT2D eigenvalue weighted by Gasteiger charge is -2.59. The lowest BCUT2D eigenvalue weighted by molar-refractivity contribution is -0.141. The first kappa shape index (κ1) is 19.8. The summed E-state index contributed by atoms with van der Waals surface area (Å²) in [5.41, 5.74) is 2.10. The number of carbonyl (C=O) groups is 1. The van der Waals surface area contributed by atoms with Gasteiger partial charge in [0.2, 0.25) is 0 Å². The van der Waals surface area contributed by atoms with Gasteiger partial charge >= 0.3 is 0 Å². The van der Waals surface area contributed by atoms with Gasteiger partial charge in [-0.1, -0.05) is 43.6 Å². The van der Waals surface area contributed by atoms with E-state index < -0.39 is 0 Å². The molecule has 4 fully saturated rings. The van der Waals surface area contributed by atoms with Crippen molar-refractivity contribution in [2.75, 3.05) is 0 Å². The van der Waals surface area contributed by atoms with Crippen molar-refractivity contribution in [1.82, 2.24) is 0 Å². The second kappa shape index (κ2) is 6.95. The molecule has 0 heterocycles. The molecule has 1 aromatic rings. The molecular weight excluding hydrogens is 380 g/mol. The molecule has 0 radical (unpaired) electrons. The Balaban J connectivity index is 1.46. The molecule has 2 nitrogen and oxygen atoms in total. The first-order chi connectivity index (χ1) is 13.8. The summed E-state index contributed by atoms with van der Waals surface area (Å²) >= 11 is 6.38. The number of ketones is 1. The monoisotopic (exact) mass is 412 g/mol. The number of fused-ring (bicyclic) bond motifs is 5. The molecule has 1 N–H and O–H groups in total. The summed E-state index contributed by atoms with van der Waals surface area (Å²) in [4.78, 5) is 13.5. The number of rotatable bonds is 1. The third kappa shape index (κ3) is 2.97. The molecule has 4 aliphatic rings. The molecule has 7 unspecified atom stereocenters. The summed E-state index contributed by atoms with van der Waals surface area (Å²) in [6, 6.07) is 7.84. The van der Waals surface area contributed by atoms with Crippen LogP contribution in [0.2, 0.25) is 5.02 Å². The SMILES string of the molecule is CC12CCC3C(CCC4CC(O)CCC43C)C1CC(=Cc1ccccc1Cl)C2=O. The van der Waals surface area contributed by atoms with Gasteiger partial charge in [-0.3, -0.25) is 4.79 Å². The summed E-state index contributed by atoms with van der Waals surface area (Å²) in [7, 11) is 0. The van der Waals surface area contributed by atoms with E-state index in [4.69, 9.17) is 11.6 Å². The highest BCUT2D eigenvalue weighted by Gasteiger charge is 2.61. The number of allylic oxidation sites excluding steroid dienone is 1. The predicted molar refractivity (Wildman–Crippen MR) is 118 cm³/mol. The van der Waals surface area contributed by atoms with Crippen LogP contribution >= 0.6 is 11.6 Å². The number of Topliss-reactive ketones (excluding diaryl/α,β-unsaturated/α-hetero) is 1. The van der Waals surface area contributed by atoms with Crippen molar-refractivity contribution in [1.29, 1.82) is 0 Å². The Hall–Kier alpha value is -1.12. The molecule has 156 valence electrons. The highest BCUT2D eigenvalue weighted by molar-refractivity contribution is 6.32. The lowest BCUT2D eigenvalue weighted by atomic mass is 9.45. The van der Waals surface area contributed by atoms with Crippen LogP contribution in [-0.2, 0) is 4.79 Å². The number of aliphatic hydroxyl groups is 1. The van der Waals surface area contributed by atoms with E-state index in [1.807, 2.05) is 24.3 Å². The quantitative estimate of drug-likeness (QED) is 0.549.